The van der Waals surface area contributed by atoms with Crippen LogP contribution in [0.3, 0.4) is 0 Å². The van der Waals surface area contributed by atoms with Gasteiger partial charge < -0.3 is 10.2 Å². The molecule has 0 spiro atoms. The number of Topliss-reactive ketones (excluding diaryl/α,β-unsaturated/α-hetero) is 1. The fourth-order valence-corrected chi connectivity index (χ4v) is 4.08. The van der Waals surface area contributed by atoms with Crippen molar-refractivity contribution in [3.8, 4) is 11.3 Å². The van der Waals surface area contributed by atoms with Crippen LogP contribution in [-0.2, 0) is 18.6 Å². The summed E-state index contributed by atoms with van der Waals surface area (Å²) in [7, 11) is 0. The summed E-state index contributed by atoms with van der Waals surface area (Å²) < 4.78 is 1.84. The topological polar surface area (TPSA) is 87.7 Å². The Morgan fingerprint density at radius 2 is 1.85 bits per heavy atom. The predicted molar refractivity (Wildman–Crippen MR) is 126 cm³/mol. The van der Waals surface area contributed by atoms with E-state index in [1.54, 1.807) is 38.1 Å². The fraction of sp³-hybridized carbons (Fsp3) is 0.296. The second-order valence-corrected chi connectivity index (χ2v) is 9.34. The summed E-state index contributed by atoms with van der Waals surface area (Å²) in [5.41, 5.74) is 5.41. The number of hydrogen-bond acceptors (Lipinski definition) is 5. The first-order valence-corrected chi connectivity index (χ1v) is 11.3. The molecule has 1 fully saturated rings. The maximum Gasteiger partial charge on any atom is 0.168 e. The summed E-state index contributed by atoms with van der Waals surface area (Å²) in [6, 6.07) is 18.7. The summed E-state index contributed by atoms with van der Waals surface area (Å²) in [5, 5.41) is 24.5. The van der Waals surface area contributed by atoms with Crippen molar-refractivity contribution in [2.75, 3.05) is 0 Å². The van der Waals surface area contributed by atoms with E-state index in [0.717, 1.165) is 46.6 Å². The average Bonchev–Trinajstić information content (AvgIpc) is 3.57. The van der Waals surface area contributed by atoms with Crippen molar-refractivity contribution in [2.45, 2.75) is 51.2 Å². The summed E-state index contributed by atoms with van der Waals surface area (Å²) in [6.45, 7) is 3.40. The number of fused-ring (bicyclic) bond motifs is 1. The summed E-state index contributed by atoms with van der Waals surface area (Å²) in [4.78, 5) is 17.8. The zero-order valence-corrected chi connectivity index (χ0v) is 18.8. The van der Waals surface area contributed by atoms with E-state index >= 15 is 0 Å². The first-order valence-electron chi connectivity index (χ1n) is 11.3. The SMILES string of the molecule is CC(C)(O)c1ccc(C(=O)Cc2cc(-c3cccc(CO)c3)n3nc(C4CC4)cc3n2)cc1. The van der Waals surface area contributed by atoms with Gasteiger partial charge in [-0.2, -0.15) is 5.10 Å². The van der Waals surface area contributed by atoms with Gasteiger partial charge in [0.05, 0.1) is 35.7 Å². The molecule has 0 saturated heterocycles. The van der Waals surface area contributed by atoms with Crippen LogP contribution < -0.4 is 0 Å². The average molecular weight is 442 g/mol. The molecule has 168 valence electrons. The third-order valence-electron chi connectivity index (χ3n) is 6.16. The largest absolute Gasteiger partial charge is 0.392 e. The highest BCUT2D eigenvalue weighted by Crippen LogP contribution is 2.40. The molecule has 2 aromatic heterocycles. The lowest BCUT2D eigenvalue weighted by molar-refractivity contribution is 0.0784. The number of aromatic nitrogens is 3. The maximum absolute atomic E-state index is 13.0. The van der Waals surface area contributed by atoms with E-state index in [4.69, 9.17) is 10.1 Å². The molecule has 2 aromatic carbocycles. The standard InChI is InChI=1S/C27H27N3O3/c1-27(2,33)21-10-8-19(9-11-21)25(32)14-22-13-24(20-5-3-4-17(12-20)16-31)30-26(28-22)15-23(29-30)18-6-7-18/h3-5,8-13,15,18,31,33H,6-7,14,16H2,1-2H3. The molecule has 6 nitrogen and oxygen atoms in total. The van der Waals surface area contributed by atoms with Crippen molar-refractivity contribution in [3.63, 3.8) is 0 Å². The van der Waals surface area contributed by atoms with Gasteiger partial charge in [-0.25, -0.2) is 9.50 Å². The van der Waals surface area contributed by atoms with Gasteiger partial charge in [-0.3, -0.25) is 4.79 Å². The molecule has 0 atom stereocenters. The van der Waals surface area contributed by atoms with Gasteiger partial charge in [0.1, 0.15) is 0 Å². The Morgan fingerprint density at radius 1 is 1.09 bits per heavy atom. The molecular formula is C27H27N3O3. The lowest BCUT2D eigenvalue weighted by atomic mass is 9.96. The Labute approximate surface area is 192 Å². The van der Waals surface area contributed by atoms with E-state index in [2.05, 4.69) is 0 Å². The molecule has 0 unspecified atom stereocenters. The molecule has 1 saturated carbocycles. The number of nitrogens with zero attached hydrogens (tertiary/aromatic N) is 3. The second kappa shape index (κ2) is 8.21. The molecule has 0 aliphatic heterocycles. The van der Waals surface area contributed by atoms with Gasteiger partial charge >= 0.3 is 0 Å². The maximum atomic E-state index is 13.0. The third-order valence-corrected chi connectivity index (χ3v) is 6.16. The van der Waals surface area contributed by atoms with Gasteiger partial charge in [0, 0.05) is 23.1 Å². The number of carbonyl (C=O) groups is 1. The van der Waals surface area contributed by atoms with Gasteiger partial charge in [0.25, 0.3) is 0 Å². The minimum atomic E-state index is -0.951. The summed E-state index contributed by atoms with van der Waals surface area (Å²) in [6.07, 6.45) is 2.45. The normalized spacial score (nSPS) is 14.1. The van der Waals surface area contributed by atoms with Crippen molar-refractivity contribution in [1.82, 2.24) is 14.6 Å². The Kier molecular flexibility index (Phi) is 5.35. The molecule has 0 bridgehead atoms. The Morgan fingerprint density at radius 3 is 2.52 bits per heavy atom. The number of aliphatic hydroxyl groups is 2. The van der Waals surface area contributed by atoms with Gasteiger partial charge in [-0.1, -0.05) is 42.5 Å². The number of aliphatic hydroxyl groups excluding tert-OH is 1. The number of benzene rings is 2. The molecule has 1 aliphatic carbocycles. The number of hydrogen-bond donors (Lipinski definition) is 2. The number of carbonyl (C=O) groups excluding carboxylic acids is 1. The van der Waals surface area contributed by atoms with Gasteiger partial charge in [-0.05, 0) is 49.9 Å². The van der Waals surface area contributed by atoms with Crippen molar-refractivity contribution >= 4 is 11.4 Å². The van der Waals surface area contributed by atoms with E-state index < -0.39 is 5.60 Å². The highest BCUT2D eigenvalue weighted by atomic mass is 16.3. The van der Waals surface area contributed by atoms with Crippen LogP contribution in [0.2, 0.25) is 0 Å². The number of rotatable bonds is 7. The summed E-state index contributed by atoms with van der Waals surface area (Å²) >= 11 is 0. The van der Waals surface area contributed by atoms with Crippen molar-refractivity contribution in [1.29, 1.82) is 0 Å². The van der Waals surface area contributed by atoms with Crippen LogP contribution >= 0.6 is 0 Å². The Bertz CT molecular complexity index is 1330. The van der Waals surface area contributed by atoms with Crippen LogP contribution in [0.25, 0.3) is 16.9 Å². The van der Waals surface area contributed by atoms with E-state index in [0.29, 0.717) is 17.2 Å². The van der Waals surface area contributed by atoms with Gasteiger partial charge in [0.15, 0.2) is 11.4 Å². The number of ketones is 1. The molecule has 6 heteroatoms. The molecule has 2 N–H and O–H groups in total. The molecule has 0 radical (unpaired) electrons. The highest BCUT2D eigenvalue weighted by molar-refractivity contribution is 5.97. The van der Waals surface area contributed by atoms with Crippen molar-refractivity contribution < 1.29 is 15.0 Å². The van der Waals surface area contributed by atoms with Gasteiger partial charge in [0.2, 0.25) is 0 Å². The monoisotopic (exact) mass is 441 g/mol. The lowest BCUT2D eigenvalue weighted by Gasteiger charge is -2.17. The summed E-state index contributed by atoms with van der Waals surface area (Å²) in [5.74, 6) is 0.453. The van der Waals surface area contributed by atoms with Crippen molar-refractivity contribution in [3.05, 3.63) is 88.7 Å². The van der Waals surface area contributed by atoms with Crippen LogP contribution in [0.15, 0.2) is 60.7 Å². The smallest absolute Gasteiger partial charge is 0.168 e. The molecule has 5 rings (SSSR count). The van der Waals surface area contributed by atoms with E-state index in [1.807, 2.05) is 40.9 Å². The third kappa shape index (κ3) is 4.45. The molecule has 4 aromatic rings. The zero-order chi connectivity index (χ0) is 23.2. The Hall–Kier alpha value is -3.35. The Balaban J connectivity index is 1.52. The molecule has 33 heavy (non-hydrogen) atoms. The van der Waals surface area contributed by atoms with Crippen LogP contribution in [0, 0.1) is 0 Å². The van der Waals surface area contributed by atoms with Crippen LogP contribution in [0.5, 0.6) is 0 Å². The van der Waals surface area contributed by atoms with E-state index in [1.165, 1.54) is 0 Å². The van der Waals surface area contributed by atoms with E-state index in [-0.39, 0.29) is 18.8 Å². The predicted octanol–water partition coefficient (Wildman–Crippen LogP) is 4.42. The molecule has 1 aliphatic rings. The molecule has 0 amide bonds. The van der Waals surface area contributed by atoms with Crippen molar-refractivity contribution in [2.24, 2.45) is 0 Å². The fourth-order valence-electron chi connectivity index (χ4n) is 4.08. The van der Waals surface area contributed by atoms with E-state index in [9.17, 15) is 15.0 Å². The van der Waals surface area contributed by atoms with Gasteiger partial charge in [-0.15, -0.1) is 0 Å². The first-order chi connectivity index (χ1) is 15.8. The van der Waals surface area contributed by atoms with Crippen LogP contribution in [0.1, 0.15) is 65.5 Å². The second-order valence-electron chi connectivity index (χ2n) is 9.34. The first kappa shape index (κ1) is 21.5. The zero-order valence-electron chi connectivity index (χ0n) is 18.8. The molecule has 2 heterocycles. The quantitative estimate of drug-likeness (QED) is 0.415. The lowest BCUT2D eigenvalue weighted by Crippen LogP contribution is -2.15. The van der Waals surface area contributed by atoms with Crippen LogP contribution in [0.4, 0.5) is 0 Å². The minimum absolute atomic E-state index is 0.0360. The highest BCUT2D eigenvalue weighted by Gasteiger charge is 2.27. The molecular weight excluding hydrogens is 414 g/mol. The minimum Gasteiger partial charge on any atom is -0.392 e. The van der Waals surface area contributed by atoms with Crippen LogP contribution in [-0.4, -0.2) is 30.6 Å².